The van der Waals surface area contributed by atoms with Gasteiger partial charge in [-0.3, -0.25) is 9.69 Å². The molecule has 2 N–H and O–H groups in total. The van der Waals surface area contributed by atoms with Gasteiger partial charge >= 0.3 is 5.97 Å². The molecule has 0 radical (unpaired) electrons. The normalized spacial score (nSPS) is 16.5. The lowest BCUT2D eigenvalue weighted by atomic mass is 10.00. The van der Waals surface area contributed by atoms with Crippen LogP contribution in [0.15, 0.2) is 84.9 Å². The van der Waals surface area contributed by atoms with Crippen molar-refractivity contribution in [2.45, 2.75) is 25.7 Å². The number of anilines is 1. The van der Waals surface area contributed by atoms with E-state index in [1.165, 1.54) is 16.5 Å². The third-order valence-electron chi connectivity index (χ3n) is 7.12. The van der Waals surface area contributed by atoms with E-state index in [1.807, 2.05) is 42.5 Å². The van der Waals surface area contributed by atoms with Crippen LogP contribution in [0.25, 0.3) is 6.08 Å². The van der Waals surface area contributed by atoms with Crippen LogP contribution >= 0.6 is 11.3 Å². The molecule has 0 saturated heterocycles. The molecule has 8 heteroatoms. The molecule has 2 aliphatic heterocycles. The Kier molecular flexibility index (Phi) is 7.35. The second kappa shape index (κ2) is 11.4. The Morgan fingerprint density at radius 1 is 1.00 bits per heavy atom. The van der Waals surface area contributed by atoms with Crippen molar-refractivity contribution in [1.82, 2.24) is 10.2 Å². The van der Waals surface area contributed by atoms with Crippen molar-refractivity contribution < 1.29 is 19.1 Å². The van der Waals surface area contributed by atoms with E-state index in [9.17, 15) is 9.59 Å². The van der Waals surface area contributed by atoms with Gasteiger partial charge in [0.1, 0.15) is 22.7 Å². The second-order valence-corrected chi connectivity index (χ2v) is 10.9. The standard InChI is InChI=1S/C32H29N3O4S/c1-38-24-12-7-21(8-13-24)9-16-28(36)39-25-14-10-23(11-15-25)30-33-31(37)29-26-17-18-35(19-22-5-3-2-4-6-22)20-27(26)40-32(29)34-30/h2-16,30,34H,17-20H2,1H3,(H,33,37). The fourth-order valence-corrected chi connectivity index (χ4v) is 6.39. The number of rotatable bonds is 7. The van der Waals surface area contributed by atoms with Crippen molar-refractivity contribution in [3.05, 3.63) is 118 Å². The summed E-state index contributed by atoms with van der Waals surface area (Å²) in [6.45, 7) is 2.67. The number of esters is 1. The van der Waals surface area contributed by atoms with Gasteiger partial charge in [-0.1, -0.05) is 54.6 Å². The van der Waals surface area contributed by atoms with Crippen molar-refractivity contribution in [3.8, 4) is 11.5 Å². The highest BCUT2D eigenvalue weighted by Crippen LogP contribution is 2.41. The van der Waals surface area contributed by atoms with Gasteiger partial charge in [-0.25, -0.2) is 4.79 Å². The quantitative estimate of drug-likeness (QED) is 0.172. The molecule has 1 atom stereocenters. The highest BCUT2D eigenvalue weighted by molar-refractivity contribution is 7.16. The summed E-state index contributed by atoms with van der Waals surface area (Å²) in [7, 11) is 1.61. The van der Waals surface area contributed by atoms with Crippen LogP contribution in [0.2, 0.25) is 0 Å². The Balaban J connectivity index is 1.09. The predicted molar refractivity (Wildman–Crippen MR) is 157 cm³/mol. The molecule has 6 rings (SSSR count). The molecule has 1 unspecified atom stereocenters. The first kappa shape index (κ1) is 25.9. The monoisotopic (exact) mass is 551 g/mol. The summed E-state index contributed by atoms with van der Waals surface area (Å²) in [5.41, 5.74) is 4.99. The lowest BCUT2D eigenvalue weighted by Gasteiger charge is -2.28. The highest BCUT2D eigenvalue weighted by Gasteiger charge is 2.33. The minimum atomic E-state index is -0.470. The van der Waals surface area contributed by atoms with Crippen LogP contribution in [0.4, 0.5) is 5.00 Å². The van der Waals surface area contributed by atoms with E-state index < -0.39 is 5.97 Å². The topological polar surface area (TPSA) is 79.9 Å². The van der Waals surface area contributed by atoms with Gasteiger partial charge in [0, 0.05) is 30.6 Å². The molecular formula is C32H29N3O4S. The number of ether oxygens (including phenoxy) is 2. The van der Waals surface area contributed by atoms with Gasteiger partial charge in [0.05, 0.1) is 12.7 Å². The maximum Gasteiger partial charge on any atom is 0.336 e. The number of thiophene rings is 1. The van der Waals surface area contributed by atoms with E-state index >= 15 is 0 Å². The van der Waals surface area contributed by atoms with Crippen molar-refractivity contribution in [2.75, 3.05) is 19.0 Å². The lowest BCUT2D eigenvalue weighted by Crippen LogP contribution is -2.38. The van der Waals surface area contributed by atoms with Crippen LogP contribution in [0.5, 0.6) is 11.5 Å². The average Bonchev–Trinajstić information content (AvgIpc) is 3.35. The molecule has 1 aromatic heterocycles. The van der Waals surface area contributed by atoms with Gasteiger partial charge in [-0.05, 0) is 59.0 Å². The van der Waals surface area contributed by atoms with Crippen LogP contribution in [0, 0.1) is 0 Å². The summed E-state index contributed by atoms with van der Waals surface area (Å²) < 4.78 is 10.6. The van der Waals surface area contributed by atoms with Crippen molar-refractivity contribution in [2.24, 2.45) is 0 Å². The zero-order valence-corrected chi connectivity index (χ0v) is 22.9. The lowest BCUT2D eigenvalue weighted by molar-refractivity contribution is -0.128. The Morgan fingerprint density at radius 3 is 2.50 bits per heavy atom. The van der Waals surface area contributed by atoms with E-state index in [0.29, 0.717) is 5.75 Å². The Bertz CT molecular complexity index is 1550. The first-order valence-corrected chi connectivity index (χ1v) is 14.0. The summed E-state index contributed by atoms with van der Waals surface area (Å²) in [5.74, 6) is 0.666. The molecule has 202 valence electrons. The number of nitrogens with one attached hydrogen (secondary N) is 2. The molecule has 7 nitrogen and oxygen atoms in total. The third-order valence-corrected chi connectivity index (χ3v) is 8.27. The van der Waals surface area contributed by atoms with Gasteiger partial charge in [0.2, 0.25) is 0 Å². The van der Waals surface area contributed by atoms with E-state index in [2.05, 4.69) is 39.8 Å². The van der Waals surface area contributed by atoms with E-state index in [0.717, 1.165) is 59.1 Å². The summed E-state index contributed by atoms with van der Waals surface area (Å²) in [5, 5.41) is 7.53. The highest BCUT2D eigenvalue weighted by atomic mass is 32.1. The fourth-order valence-electron chi connectivity index (χ4n) is 5.07. The zero-order chi connectivity index (χ0) is 27.5. The van der Waals surface area contributed by atoms with Crippen LogP contribution in [-0.2, 0) is 24.3 Å². The van der Waals surface area contributed by atoms with Crippen molar-refractivity contribution >= 4 is 34.3 Å². The number of nitrogens with zero attached hydrogens (tertiary/aromatic N) is 1. The molecule has 0 bridgehead atoms. The van der Waals surface area contributed by atoms with E-state index in [4.69, 9.17) is 9.47 Å². The van der Waals surface area contributed by atoms with E-state index in [1.54, 1.807) is 36.7 Å². The van der Waals surface area contributed by atoms with Gasteiger partial charge in [0.25, 0.3) is 5.91 Å². The molecule has 40 heavy (non-hydrogen) atoms. The van der Waals surface area contributed by atoms with Crippen LogP contribution in [0.1, 0.15) is 43.7 Å². The van der Waals surface area contributed by atoms with Gasteiger partial charge in [0.15, 0.2) is 0 Å². The van der Waals surface area contributed by atoms with Crippen molar-refractivity contribution in [1.29, 1.82) is 0 Å². The molecule has 3 heterocycles. The van der Waals surface area contributed by atoms with Gasteiger partial charge in [-0.2, -0.15) is 0 Å². The van der Waals surface area contributed by atoms with Gasteiger partial charge in [-0.15, -0.1) is 11.3 Å². The third kappa shape index (κ3) is 5.64. The number of hydrogen-bond acceptors (Lipinski definition) is 7. The first-order chi connectivity index (χ1) is 19.6. The molecule has 0 spiro atoms. The molecular weight excluding hydrogens is 522 g/mol. The first-order valence-electron chi connectivity index (χ1n) is 13.2. The summed E-state index contributed by atoms with van der Waals surface area (Å²) in [6.07, 6.45) is 3.58. The average molecular weight is 552 g/mol. The van der Waals surface area contributed by atoms with Crippen LogP contribution < -0.4 is 20.1 Å². The number of fused-ring (bicyclic) bond motifs is 3. The number of carbonyl (C=O) groups is 2. The van der Waals surface area contributed by atoms with Crippen LogP contribution in [-0.4, -0.2) is 30.4 Å². The Labute approximate surface area is 237 Å². The minimum Gasteiger partial charge on any atom is -0.497 e. The number of carbonyl (C=O) groups excluding carboxylic acids is 2. The molecule has 2 aliphatic rings. The number of amides is 1. The summed E-state index contributed by atoms with van der Waals surface area (Å²) in [4.78, 5) is 29.1. The minimum absolute atomic E-state index is 0.0491. The maximum absolute atomic E-state index is 13.2. The number of hydrogen-bond donors (Lipinski definition) is 2. The Morgan fingerprint density at radius 2 is 1.75 bits per heavy atom. The largest absolute Gasteiger partial charge is 0.497 e. The Hall–Kier alpha value is -4.40. The van der Waals surface area contributed by atoms with Crippen LogP contribution in [0.3, 0.4) is 0 Å². The molecule has 1 amide bonds. The second-order valence-electron chi connectivity index (χ2n) is 9.80. The SMILES string of the molecule is COc1ccc(C=CC(=O)Oc2ccc(C3NC(=O)c4c(sc5c4CCN(Cc4ccccc4)C5)N3)cc2)cc1. The predicted octanol–water partition coefficient (Wildman–Crippen LogP) is 5.79. The van der Waals surface area contributed by atoms with Crippen molar-refractivity contribution in [3.63, 3.8) is 0 Å². The molecule has 0 fully saturated rings. The smallest absolute Gasteiger partial charge is 0.336 e. The van der Waals surface area contributed by atoms with Gasteiger partial charge < -0.3 is 20.1 Å². The summed E-state index contributed by atoms with van der Waals surface area (Å²) >= 11 is 1.67. The summed E-state index contributed by atoms with van der Waals surface area (Å²) in [6, 6.07) is 25.0. The molecule has 4 aromatic rings. The molecule has 0 aliphatic carbocycles. The zero-order valence-electron chi connectivity index (χ0n) is 22.1. The molecule has 3 aromatic carbocycles. The number of methoxy groups -OCH3 is 1. The van der Waals surface area contributed by atoms with E-state index in [-0.39, 0.29) is 12.1 Å². The maximum atomic E-state index is 13.2. The fraction of sp³-hybridized carbons (Fsp3) is 0.188. The number of benzene rings is 3. The molecule has 0 saturated carbocycles.